The van der Waals surface area contributed by atoms with Gasteiger partial charge in [0.2, 0.25) is 11.8 Å². The lowest BCUT2D eigenvalue weighted by atomic mass is 10.2. The van der Waals surface area contributed by atoms with Crippen LogP contribution in [0.1, 0.15) is 0 Å². The SMILES string of the molecule is S=c1oc(-c2ccccc2)nn1C[NH+]1CCN(c2ncccn2)CC1. The van der Waals surface area contributed by atoms with Crippen LogP contribution < -0.4 is 9.80 Å². The van der Waals surface area contributed by atoms with E-state index >= 15 is 0 Å². The number of nitrogens with one attached hydrogen (secondary N) is 1. The van der Waals surface area contributed by atoms with E-state index in [1.54, 1.807) is 17.1 Å². The summed E-state index contributed by atoms with van der Waals surface area (Å²) in [5.41, 5.74) is 0.938. The van der Waals surface area contributed by atoms with Crippen molar-refractivity contribution in [3.63, 3.8) is 0 Å². The molecule has 4 rings (SSSR count). The third-order valence-electron chi connectivity index (χ3n) is 4.31. The summed E-state index contributed by atoms with van der Waals surface area (Å²) in [5.74, 6) is 1.37. The Kier molecular flexibility index (Phi) is 4.53. The minimum Gasteiger partial charge on any atom is -0.409 e. The quantitative estimate of drug-likeness (QED) is 0.705. The van der Waals surface area contributed by atoms with Crippen molar-refractivity contribution in [3.05, 3.63) is 53.6 Å². The number of hydrogen-bond acceptors (Lipinski definition) is 6. The Bertz CT molecular complexity index is 871. The Hall–Kier alpha value is -2.58. The van der Waals surface area contributed by atoms with Crippen LogP contribution in [0.25, 0.3) is 11.5 Å². The molecule has 0 spiro atoms. The first kappa shape index (κ1) is 15.9. The molecule has 0 atom stereocenters. The third kappa shape index (κ3) is 3.59. The van der Waals surface area contributed by atoms with Gasteiger partial charge >= 0.3 is 0 Å². The van der Waals surface area contributed by atoms with Gasteiger partial charge in [-0.15, -0.1) is 5.10 Å². The molecule has 0 bridgehead atoms. The fourth-order valence-electron chi connectivity index (χ4n) is 2.95. The largest absolute Gasteiger partial charge is 0.409 e. The van der Waals surface area contributed by atoms with E-state index in [4.69, 9.17) is 16.6 Å². The van der Waals surface area contributed by atoms with Crippen molar-refractivity contribution in [2.24, 2.45) is 0 Å². The molecule has 1 aliphatic rings. The zero-order chi connectivity index (χ0) is 17.1. The number of nitrogens with zero attached hydrogens (tertiary/aromatic N) is 5. The maximum atomic E-state index is 5.66. The normalized spacial score (nSPS) is 15.4. The highest BCUT2D eigenvalue weighted by molar-refractivity contribution is 7.71. The van der Waals surface area contributed by atoms with Gasteiger partial charge in [-0.1, -0.05) is 18.2 Å². The van der Waals surface area contributed by atoms with Crippen LogP contribution in [0.2, 0.25) is 0 Å². The lowest BCUT2D eigenvalue weighted by Crippen LogP contribution is -3.14. The average Bonchev–Trinajstić information content (AvgIpc) is 3.04. The second kappa shape index (κ2) is 7.12. The Balaban J connectivity index is 1.41. The lowest BCUT2D eigenvalue weighted by Gasteiger charge is -2.31. The standard InChI is InChI=1S/C17H18N6OS/c25-17-23(20-15(24-17)14-5-2-1-3-6-14)13-21-9-11-22(12-10-21)16-18-7-4-8-19-16/h1-8H,9-13H2/p+1. The van der Waals surface area contributed by atoms with Gasteiger partial charge < -0.3 is 14.2 Å². The van der Waals surface area contributed by atoms with Crippen LogP contribution in [0, 0.1) is 4.84 Å². The summed E-state index contributed by atoms with van der Waals surface area (Å²) in [7, 11) is 0. The van der Waals surface area contributed by atoms with Crippen molar-refractivity contribution in [2.45, 2.75) is 6.67 Å². The zero-order valence-electron chi connectivity index (χ0n) is 13.7. The number of hydrogen-bond donors (Lipinski definition) is 1. The summed E-state index contributed by atoms with van der Waals surface area (Å²) in [6, 6.07) is 11.7. The van der Waals surface area contributed by atoms with Crippen LogP contribution in [0.3, 0.4) is 0 Å². The fraction of sp³-hybridized carbons (Fsp3) is 0.294. The third-order valence-corrected chi connectivity index (χ3v) is 4.60. The van der Waals surface area contributed by atoms with Crippen LogP contribution in [0.4, 0.5) is 5.95 Å². The first-order valence-corrected chi connectivity index (χ1v) is 8.69. The summed E-state index contributed by atoms with van der Waals surface area (Å²) >= 11 is 5.33. The van der Waals surface area contributed by atoms with Crippen LogP contribution >= 0.6 is 12.2 Å². The van der Waals surface area contributed by atoms with Crippen molar-refractivity contribution < 1.29 is 9.32 Å². The molecular formula is C17H19N6OS+. The Morgan fingerprint density at radius 1 is 1.04 bits per heavy atom. The van der Waals surface area contributed by atoms with Gasteiger partial charge in [0, 0.05) is 18.0 Å². The van der Waals surface area contributed by atoms with Crippen LogP contribution in [0.5, 0.6) is 0 Å². The molecule has 0 saturated carbocycles. The topological polar surface area (TPSA) is 64.4 Å². The van der Waals surface area contributed by atoms with E-state index in [1.165, 1.54) is 4.90 Å². The lowest BCUT2D eigenvalue weighted by molar-refractivity contribution is -0.924. The van der Waals surface area contributed by atoms with E-state index in [0.717, 1.165) is 37.7 Å². The highest BCUT2D eigenvalue weighted by Crippen LogP contribution is 2.16. The first-order chi connectivity index (χ1) is 12.3. The maximum Gasteiger partial charge on any atom is 0.292 e. The van der Waals surface area contributed by atoms with Crippen molar-refractivity contribution in [3.8, 4) is 11.5 Å². The highest BCUT2D eigenvalue weighted by atomic mass is 32.1. The van der Waals surface area contributed by atoms with E-state index in [2.05, 4.69) is 20.0 Å². The predicted molar refractivity (Wildman–Crippen MR) is 95.7 cm³/mol. The summed E-state index contributed by atoms with van der Waals surface area (Å²) in [6.07, 6.45) is 3.56. The van der Waals surface area contributed by atoms with Crippen molar-refractivity contribution in [1.29, 1.82) is 0 Å². The maximum absolute atomic E-state index is 5.66. The monoisotopic (exact) mass is 355 g/mol. The van der Waals surface area contributed by atoms with Crippen molar-refractivity contribution in [1.82, 2.24) is 19.7 Å². The molecule has 1 aromatic carbocycles. The molecule has 2 aromatic heterocycles. The zero-order valence-corrected chi connectivity index (χ0v) is 14.5. The Labute approximate surface area is 150 Å². The smallest absolute Gasteiger partial charge is 0.292 e. The van der Waals surface area contributed by atoms with Crippen LogP contribution in [-0.2, 0) is 6.67 Å². The molecule has 1 aliphatic heterocycles. The Morgan fingerprint density at radius 3 is 2.48 bits per heavy atom. The molecule has 8 heteroatoms. The van der Waals surface area contributed by atoms with Gasteiger partial charge in [0.15, 0.2) is 6.67 Å². The molecule has 0 unspecified atom stereocenters. The van der Waals surface area contributed by atoms with Gasteiger partial charge in [0.25, 0.3) is 4.84 Å². The number of rotatable bonds is 4. The van der Waals surface area contributed by atoms with Gasteiger partial charge in [0.1, 0.15) is 0 Å². The molecule has 3 heterocycles. The predicted octanol–water partition coefficient (Wildman–Crippen LogP) is 1.03. The average molecular weight is 355 g/mol. The van der Waals surface area contributed by atoms with Gasteiger partial charge in [-0.05, 0) is 30.4 Å². The molecule has 7 nitrogen and oxygen atoms in total. The van der Waals surface area contributed by atoms with Gasteiger partial charge in [-0.25, -0.2) is 9.97 Å². The molecule has 0 radical (unpaired) electrons. The highest BCUT2D eigenvalue weighted by Gasteiger charge is 2.22. The number of anilines is 1. The van der Waals surface area contributed by atoms with E-state index in [9.17, 15) is 0 Å². The first-order valence-electron chi connectivity index (χ1n) is 8.28. The number of aromatic nitrogens is 4. The minimum absolute atomic E-state index is 0.417. The minimum atomic E-state index is 0.417. The molecule has 3 aromatic rings. The summed E-state index contributed by atoms with van der Waals surface area (Å²) in [6.45, 7) is 4.49. The van der Waals surface area contributed by atoms with Crippen molar-refractivity contribution >= 4 is 18.2 Å². The molecule has 0 amide bonds. The fourth-order valence-corrected chi connectivity index (χ4v) is 3.14. The van der Waals surface area contributed by atoms with Crippen LogP contribution in [0.15, 0.2) is 53.2 Å². The second-order valence-corrected chi connectivity index (χ2v) is 6.33. The Morgan fingerprint density at radius 2 is 1.76 bits per heavy atom. The van der Waals surface area contributed by atoms with E-state index in [1.807, 2.05) is 36.4 Å². The van der Waals surface area contributed by atoms with Gasteiger partial charge in [-0.2, -0.15) is 4.68 Å². The molecule has 25 heavy (non-hydrogen) atoms. The van der Waals surface area contributed by atoms with E-state index < -0.39 is 0 Å². The van der Waals surface area contributed by atoms with Gasteiger partial charge in [0.05, 0.1) is 26.2 Å². The van der Waals surface area contributed by atoms with E-state index in [-0.39, 0.29) is 0 Å². The molecule has 1 N–H and O–H groups in total. The number of benzene rings is 1. The van der Waals surface area contributed by atoms with E-state index in [0.29, 0.717) is 17.4 Å². The molecule has 128 valence electrons. The summed E-state index contributed by atoms with van der Waals surface area (Å²) in [4.78, 5) is 12.7. The molecule has 0 aliphatic carbocycles. The van der Waals surface area contributed by atoms with Crippen LogP contribution in [-0.4, -0.2) is 45.9 Å². The summed E-state index contributed by atoms with van der Waals surface area (Å²) in [5, 5.41) is 4.54. The second-order valence-electron chi connectivity index (χ2n) is 5.98. The molecule has 1 saturated heterocycles. The molecular weight excluding hydrogens is 336 g/mol. The number of quaternary nitrogens is 1. The molecule has 1 fully saturated rings. The number of piperazine rings is 1. The van der Waals surface area contributed by atoms with Gasteiger partial charge in [-0.3, -0.25) is 0 Å². The van der Waals surface area contributed by atoms with Crippen molar-refractivity contribution in [2.75, 3.05) is 31.1 Å². The summed E-state index contributed by atoms with van der Waals surface area (Å²) < 4.78 is 7.44.